The first-order valence-corrected chi connectivity index (χ1v) is 4.66. The monoisotopic (exact) mass is 267 g/mol. The lowest BCUT2D eigenvalue weighted by molar-refractivity contribution is -0.142. The molecular formula is C10H12Cl2FNO2. The highest BCUT2D eigenvalue weighted by molar-refractivity contribution is 6.31. The maximum atomic E-state index is 13.4. The number of hydrogen-bond acceptors (Lipinski definition) is 2. The SMILES string of the molecule is CN(C)C(C(=O)O)c1c(F)cccc1Cl.Cl. The van der Waals surface area contributed by atoms with E-state index in [0.717, 1.165) is 0 Å². The molecular weight excluding hydrogens is 256 g/mol. The molecule has 6 heteroatoms. The predicted octanol–water partition coefficient (Wildman–Crippen LogP) is 2.59. The van der Waals surface area contributed by atoms with E-state index in [0.29, 0.717) is 0 Å². The molecule has 0 aliphatic carbocycles. The van der Waals surface area contributed by atoms with Gasteiger partial charge in [-0.15, -0.1) is 12.4 Å². The highest BCUT2D eigenvalue weighted by Gasteiger charge is 2.27. The topological polar surface area (TPSA) is 40.5 Å². The molecule has 1 N–H and O–H groups in total. The third-order valence-corrected chi connectivity index (χ3v) is 2.35. The van der Waals surface area contributed by atoms with Crippen LogP contribution >= 0.6 is 24.0 Å². The number of carboxylic acid groups (broad SMARTS) is 1. The van der Waals surface area contributed by atoms with Crippen molar-refractivity contribution in [2.24, 2.45) is 0 Å². The van der Waals surface area contributed by atoms with E-state index in [-0.39, 0.29) is 23.0 Å². The average molecular weight is 268 g/mol. The summed E-state index contributed by atoms with van der Waals surface area (Å²) in [5.41, 5.74) is -0.00309. The molecule has 0 heterocycles. The number of carboxylic acids is 1. The number of rotatable bonds is 3. The van der Waals surface area contributed by atoms with Crippen molar-refractivity contribution < 1.29 is 14.3 Å². The molecule has 0 aliphatic rings. The summed E-state index contributed by atoms with van der Waals surface area (Å²) in [7, 11) is 3.11. The van der Waals surface area contributed by atoms with Crippen LogP contribution in [-0.4, -0.2) is 30.1 Å². The highest BCUT2D eigenvalue weighted by Crippen LogP contribution is 2.28. The molecule has 90 valence electrons. The molecule has 0 spiro atoms. The zero-order valence-corrected chi connectivity index (χ0v) is 10.3. The third kappa shape index (κ3) is 3.07. The molecule has 0 aliphatic heterocycles. The third-order valence-electron chi connectivity index (χ3n) is 2.02. The molecule has 1 atom stereocenters. The maximum Gasteiger partial charge on any atom is 0.325 e. The molecule has 0 radical (unpaired) electrons. The Morgan fingerprint density at radius 1 is 1.50 bits per heavy atom. The Balaban J connectivity index is 0.00000225. The minimum atomic E-state index is -1.13. The Hall–Kier alpha value is -0.840. The van der Waals surface area contributed by atoms with Gasteiger partial charge in [-0.1, -0.05) is 17.7 Å². The van der Waals surface area contributed by atoms with Gasteiger partial charge in [-0.05, 0) is 26.2 Å². The van der Waals surface area contributed by atoms with Crippen molar-refractivity contribution in [1.82, 2.24) is 4.90 Å². The van der Waals surface area contributed by atoms with Crippen molar-refractivity contribution in [3.63, 3.8) is 0 Å². The summed E-state index contributed by atoms with van der Waals surface area (Å²) in [6.07, 6.45) is 0. The van der Waals surface area contributed by atoms with Crippen LogP contribution in [0.4, 0.5) is 4.39 Å². The Morgan fingerprint density at radius 3 is 2.44 bits per heavy atom. The summed E-state index contributed by atoms with van der Waals surface area (Å²) in [6.45, 7) is 0. The first kappa shape index (κ1) is 15.2. The van der Waals surface area contributed by atoms with E-state index >= 15 is 0 Å². The Labute approximate surface area is 104 Å². The van der Waals surface area contributed by atoms with E-state index in [9.17, 15) is 9.18 Å². The van der Waals surface area contributed by atoms with Gasteiger partial charge < -0.3 is 5.11 Å². The molecule has 3 nitrogen and oxygen atoms in total. The van der Waals surface area contributed by atoms with E-state index < -0.39 is 17.8 Å². The molecule has 0 bridgehead atoms. The van der Waals surface area contributed by atoms with Crippen molar-refractivity contribution in [3.05, 3.63) is 34.6 Å². The first-order chi connectivity index (χ1) is 6.95. The van der Waals surface area contributed by atoms with Crippen molar-refractivity contribution in [3.8, 4) is 0 Å². The summed E-state index contributed by atoms with van der Waals surface area (Å²) in [4.78, 5) is 12.4. The van der Waals surface area contributed by atoms with Gasteiger partial charge in [-0.3, -0.25) is 9.69 Å². The van der Waals surface area contributed by atoms with Crippen molar-refractivity contribution in [2.45, 2.75) is 6.04 Å². The number of benzene rings is 1. The molecule has 0 amide bonds. The molecule has 0 fully saturated rings. The maximum absolute atomic E-state index is 13.4. The number of hydrogen-bond donors (Lipinski definition) is 1. The first-order valence-electron chi connectivity index (χ1n) is 4.28. The van der Waals surface area contributed by atoms with Gasteiger partial charge in [0.1, 0.15) is 11.9 Å². The zero-order chi connectivity index (χ0) is 11.6. The fraction of sp³-hybridized carbons (Fsp3) is 0.300. The van der Waals surface area contributed by atoms with Crippen LogP contribution in [0.5, 0.6) is 0 Å². The Kier molecular flexibility index (Phi) is 5.72. The number of carbonyl (C=O) groups is 1. The summed E-state index contributed by atoms with van der Waals surface area (Å²) >= 11 is 5.78. The van der Waals surface area contributed by atoms with E-state index in [1.165, 1.54) is 23.1 Å². The molecule has 1 rings (SSSR count). The highest BCUT2D eigenvalue weighted by atomic mass is 35.5. The number of halogens is 3. The van der Waals surface area contributed by atoms with Crippen molar-refractivity contribution >= 4 is 30.0 Å². The Morgan fingerprint density at radius 2 is 2.06 bits per heavy atom. The van der Waals surface area contributed by atoms with Gasteiger partial charge in [0, 0.05) is 10.6 Å². The summed E-state index contributed by atoms with van der Waals surface area (Å²) in [5.74, 6) is -1.74. The molecule has 1 aromatic rings. The standard InChI is InChI=1S/C10H11ClFNO2.ClH/c1-13(2)9(10(14)15)8-6(11)4-3-5-7(8)12;/h3-5,9H,1-2H3,(H,14,15);1H. The fourth-order valence-electron chi connectivity index (χ4n) is 1.37. The molecule has 0 saturated carbocycles. The van der Waals surface area contributed by atoms with Crippen LogP contribution in [0.25, 0.3) is 0 Å². The average Bonchev–Trinajstić information content (AvgIpc) is 2.09. The lowest BCUT2D eigenvalue weighted by atomic mass is 10.1. The quantitative estimate of drug-likeness (QED) is 0.915. The van der Waals surface area contributed by atoms with Crippen molar-refractivity contribution in [1.29, 1.82) is 0 Å². The minimum absolute atomic E-state index is 0. The second kappa shape index (κ2) is 6.03. The number of aliphatic carboxylic acids is 1. The van der Waals surface area contributed by atoms with Gasteiger partial charge in [0.25, 0.3) is 0 Å². The minimum Gasteiger partial charge on any atom is -0.480 e. The smallest absolute Gasteiger partial charge is 0.325 e. The normalized spacial score (nSPS) is 12.1. The van der Waals surface area contributed by atoms with Crippen LogP contribution in [0.1, 0.15) is 11.6 Å². The van der Waals surface area contributed by atoms with Gasteiger partial charge in [0.15, 0.2) is 0 Å². The molecule has 1 aromatic carbocycles. The summed E-state index contributed by atoms with van der Waals surface area (Å²) in [6, 6.07) is 3.04. The molecule has 0 aromatic heterocycles. The lowest BCUT2D eigenvalue weighted by Gasteiger charge is -2.21. The molecule has 1 unspecified atom stereocenters. The van der Waals surface area contributed by atoms with Crippen LogP contribution in [-0.2, 0) is 4.79 Å². The van der Waals surface area contributed by atoms with Crippen LogP contribution in [0, 0.1) is 5.82 Å². The number of likely N-dealkylation sites (N-methyl/N-ethyl adjacent to an activating group) is 1. The summed E-state index contributed by atoms with van der Waals surface area (Å²) < 4.78 is 13.4. The van der Waals surface area contributed by atoms with Crippen molar-refractivity contribution in [2.75, 3.05) is 14.1 Å². The summed E-state index contributed by atoms with van der Waals surface area (Å²) in [5, 5.41) is 9.10. The van der Waals surface area contributed by atoms with Gasteiger partial charge in [0.05, 0.1) is 0 Å². The number of nitrogens with zero attached hydrogens (tertiary/aromatic N) is 1. The molecule has 0 saturated heterocycles. The molecule has 16 heavy (non-hydrogen) atoms. The van der Waals surface area contributed by atoms with E-state index in [1.807, 2.05) is 0 Å². The second-order valence-electron chi connectivity index (χ2n) is 3.34. The fourth-order valence-corrected chi connectivity index (χ4v) is 1.64. The van der Waals surface area contributed by atoms with Crippen LogP contribution in [0.2, 0.25) is 5.02 Å². The van der Waals surface area contributed by atoms with Gasteiger partial charge in [-0.2, -0.15) is 0 Å². The van der Waals surface area contributed by atoms with Gasteiger partial charge in [-0.25, -0.2) is 4.39 Å². The van der Waals surface area contributed by atoms with Gasteiger partial charge >= 0.3 is 5.97 Å². The lowest BCUT2D eigenvalue weighted by Crippen LogP contribution is -2.28. The van der Waals surface area contributed by atoms with E-state index in [2.05, 4.69) is 0 Å². The zero-order valence-electron chi connectivity index (χ0n) is 8.78. The largest absolute Gasteiger partial charge is 0.480 e. The predicted molar refractivity (Wildman–Crippen MR) is 62.7 cm³/mol. The van der Waals surface area contributed by atoms with Crippen LogP contribution in [0.3, 0.4) is 0 Å². The van der Waals surface area contributed by atoms with E-state index in [1.54, 1.807) is 14.1 Å². The van der Waals surface area contributed by atoms with Crippen LogP contribution in [0.15, 0.2) is 18.2 Å². The van der Waals surface area contributed by atoms with Crippen LogP contribution < -0.4 is 0 Å². The Bertz CT molecular complexity index is 365. The van der Waals surface area contributed by atoms with E-state index in [4.69, 9.17) is 16.7 Å². The van der Waals surface area contributed by atoms with Gasteiger partial charge in [0.2, 0.25) is 0 Å². The second-order valence-corrected chi connectivity index (χ2v) is 3.75.